The fourth-order valence-electron chi connectivity index (χ4n) is 2.51. The fourth-order valence-corrected chi connectivity index (χ4v) is 2.51. The first-order valence-electron chi connectivity index (χ1n) is 8.58. The summed E-state index contributed by atoms with van der Waals surface area (Å²) in [6.07, 6.45) is 8.97. The summed E-state index contributed by atoms with van der Waals surface area (Å²) in [7, 11) is 1.72. The second kappa shape index (κ2) is 15.3. The number of ether oxygens (including phenoxy) is 2. The minimum absolute atomic E-state index is 0.610. The molecule has 0 aliphatic heterocycles. The van der Waals surface area contributed by atoms with Gasteiger partial charge >= 0.3 is 0 Å². The highest BCUT2D eigenvalue weighted by atomic mass is 16.5. The van der Waals surface area contributed by atoms with Crippen LogP contribution in [0.5, 0.6) is 0 Å². The van der Waals surface area contributed by atoms with Gasteiger partial charge in [0, 0.05) is 19.8 Å². The molecule has 0 aliphatic carbocycles. The molecule has 0 bridgehead atoms. The SMILES string of the molecule is CCCCC(CC)CC(CCOCCOC)NCCC. The van der Waals surface area contributed by atoms with Crippen molar-refractivity contribution in [3.63, 3.8) is 0 Å². The summed E-state index contributed by atoms with van der Waals surface area (Å²) in [6.45, 7) is 10.2. The Hall–Kier alpha value is -0.120. The van der Waals surface area contributed by atoms with E-state index in [-0.39, 0.29) is 0 Å². The molecule has 122 valence electrons. The lowest BCUT2D eigenvalue weighted by molar-refractivity contribution is 0.0645. The Morgan fingerprint density at radius 2 is 1.75 bits per heavy atom. The molecule has 0 spiro atoms. The van der Waals surface area contributed by atoms with Crippen LogP contribution in [0, 0.1) is 5.92 Å². The average Bonchev–Trinajstić information content (AvgIpc) is 2.47. The summed E-state index contributed by atoms with van der Waals surface area (Å²) in [5, 5.41) is 3.69. The normalized spacial score (nSPS) is 14.4. The van der Waals surface area contributed by atoms with Crippen LogP contribution in [0.2, 0.25) is 0 Å². The molecule has 0 saturated carbocycles. The molecule has 0 rings (SSSR count). The number of hydrogen-bond donors (Lipinski definition) is 1. The van der Waals surface area contributed by atoms with Crippen molar-refractivity contribution in [2.24, 2.45) is 5.92 Å². The first-order valence-corrected chi connectivity index (χ1v) is 8.58. The van der Waals surface area contributed by atoms with Gasteiger partial charge < -0.3 is 14.8 Å². The van der Waals surface area contributed by atoms with E-state index in [2.05, 4.69) is 26.1 Å². The van der Waals surface area contributed by atoms with E-state index < -0.39 is 0 Å². The Morgan fingerprint density at radius 3 is 2.35 bits per heavy atom. The van der Waals surface area contributed by atoms with Crippen LogP contribution >= 0.6 is 0 Å². The van der Waals surface area contributed by atoms with E-state index >= 15 is 0 Å². The van der Waals surface area contributed by atoms with E-state index in [1.165, 1.54) is 38.5 Å². The second-order valence-corrected chi connectivity index (χ2v) is 5.70. The van der Waals surface area contributed by atoms with Crippen LogP contribution in [-0.2, 0) is 9.47 Å². The summed E-state index contributed by atoms with van der Waals surface area (Å²) >= 11 is 0. The van der Waals surface area contributed by atoms with E-state index in [4.69, 9.17) is 9.47 Å². The van der Waals surface area contributed by atoms with Crippen LogP contribution < -0.4 is 5.32 Å². The third kappa shape index (κ3) is 11.7. The van der Waals surface area contributed by atoms with Crippen LogP contribution in [0.1, 0.15) is 65.7 Å². The van der Waals surface area contributed by atoms with Gasteiger partial charge in [-0.2, -0.15) is 0 Å². The number of nitrogens with one attached hydrogen (secondary N) is 1. The summed E-state index contributed by atoms with van der Waals surface area (Å²) in [5.74, 6) is 0.864. The highest BCUT2D eigenvalue weighted by molar-refractivity contribution is 4.71. The van der Waals surface area contributed by atoms with Gasteiger partial charge in [0.05, 0.1) is 13.2 Å². The molecule has 3 heteroatoms. The van der Waals surface area contributed by atoms with Crippen molar-refractivity contribution in [2.45, 2.75) is 71.8 Å². The first-order chi connectivity index (χ1) is 9.78. The largest absolute Gasteiger partial charge is 0.382 e. The molecular formula is C17H37NO2. The highest BCUT2D eigenvalue weighted by Gasteiger charge is 2.14. The zero-order chi connectivity index (χ0) is 15.1. The molecule has 0 heterocycles. The molecule has 0 aromatic heterocycles. The molecule has 0 amide bonds. The molecule has 2 unspecified atom stereocenters. The van der Waals surface area contributed by atoms with Crippen LogP contribution in [0.25, 0.3) is 0 Å². The molecule has 0 fully saturated rings. The number of unbranched alkanes of at least 4 members (excludes halogenated alkanes) is 1. The van der Waals surface area contributed by atoms with E-state index in [0.717, 1.165) is 25.5 Å². The van der Waals surface area contributed by atoms with E-state index in [1.807, 2.05) is 0 Å². The molecule has 0 aromatic rings. The minimum Gasteiger partial charge on any atom is -0.382 e. The average molecular weight is 287 g/mol. The second-order valence-electron chi connectivity index (χ2n) is 5.70. The van der Waals surface area contributed by atoms with Crippen LogP contribution in [0.4, 0.5) is 0 Å². The van der Waals surface area contributed by atoms with Gasteiger partial charge in [-0.1, -0.05) is 46.5 Å². The van der Waals surface area contributed by atoms with Crippen LogP contribution in [-0.4, -0.2) is 39.5 Å². The van der Waals surface area contributed by atoms with E-state index in [1.54, 1.807) is 7.11 Å². The Kier molecular flexibility index (Phi) is 15.2. The van der Waals surface area contributed by atoms with Gasteiger partial charge in [-0.3, -0.25) is 0 Å². The van der Waals surface area contributed by atoms with Crippen molar-refractivity contribution in [2.75, 3.05) is 33.5 Å². The monoisotopic (exact) mass is 287 g/mol. The van der Waals surface area contributed by atoms with E-state index in [0.29, 0.717) is 19.3 Å². The quantitative estimate of drug-likeness (QED) is 0.462. The maximum absolute atomic E-state index is 5.62. The summed E-state index contributed by atoms with van der Waals surface area (Å²) in [6, 6.07) is 0.610. The Bertz CT molecular complexity index is 188. The smallest absolute Gasteiger partial charge is 0.0700 e. The minimum atomic E-state index is 0.610. The van der Waals surface area contributed by atoms with Crippen molar-refractivity contribution < 1.29 is 9.47 Å². The molecule has 0 saturated heterocycles. The number of rotatable bonds is 15. The standard InChI is InChI=1S/C17H37NO2/c1-5-8-9-16(7-3)15-17(18-11-6-2)10-12-20-14-13-19-4/h16-18H,5-15H2,1-4H3. The van der Waals surface area contributed by atoms with Gasteiger partial charge in [0.2, 0.25) is 0 Å². The van der Waals surface area contributed by atoms with Crippen molar-refractivity contribution in [3.8, 4) is 0 Å². The molecule has 20 heavy (non-hydrogen) atoms. The lowest BCUT2D eigenvalue weighted by atomic mass is 9.91. The Labute approximate surface area is 126 Å². The highest BCUT2D eigenvalue weighted by Crippen LogP contribution is 2.19. The van der Waals surface area contributed by atoms with Crippen LogP contribution in [0.15, 0.2) is 0 Å². The molecular weight excluding hydrogens is 250 g/mol. The first kappa shape index (κ1) is 19.9. The molecule has 3 nitrogen and oxygen atoms in total. The molecule has 1 N–H and O–H groups in total. The Balaban J connectivity index is 3.97. The zero-order valence-corrected chi connectivity index (χ0v) is 14.2. The molecule has 0 radical (unpaired) electrons. The number of hydrogen-bond acceptors (Lipinski definition) is 3. The van der Waals surface area contributed by atoms with Crippen molar-refractivity contribution in [3.05, 3.63) is 0 Å². The number of methoxy groups -OCH3 is 1. The predicted molar refractivity (Wildman–Crippen MR) is 87.3 cm³/mol. The predicted octanol–water partition coefficient (Wildman–Crippen LogP) is 4.01. The maximum Gasteiger partial charge on any atom is 0.0700 e. The maximum atomic E-state index is 5.62. The van der Waals surface area contributed by atoms with Crippen molar-refractivity contribution in [1.29, 1.82) is 0 Å². The van der Waals surface area contributed by atoms with Gasteiger partial charge in [0.25, 0.3) is 0 Å². The molecule has 2 atom stereocenters. The van der Waals surface area contributed by atoms with Crippen LogP contribution in [0.3, 0.4) is 0 Å². The topological polar surface area (TPSA) is 30.5 Å². The van der Waals surface area contributed by atoms with Crippen molar-refractivity contribution >= 4 is 0 Å². The third-order valence-electron chi connectivity index (χ3n) is 3.89. The summed E-state index contributed by atoms with van der Waals surface area (Å²) < 4.78 is 10.6. The third-order valence-corrected chi connectivity index (χ3v) is 3.89. The van der Waals surface area contributed by atoms with Gasteiger partial charge in [-0.05, 0) is 31.7 Å². The van der Waals surface area contributed by atoms with Gasteiger partial charge in [-0.25, -0.2) is 0 Å². The lowest BCUT2D eigenvalue weighted by Crippen LogP contribution is -2.33. The Morgan fingerprint density at radius 1 is 0.950 bits per heavy atom. The van der Waals surface area contributed by atoms with Gasteiger partial charge in [0.15, 0.2) is 0 Å². The van der Waals surface area contributed by atoms with Gasteiger partial charge in [-0.15, -0.1) is 0 Å². The van der Waals surface area contributed by atoms with E-state index in [9.17, 15) is 0 Å². The lowest BCUT2D eigenvalue weighted by Gasteiger charge is -2.24. The molecule has 0 aliphatic rings. The molecule has 0 aromatic carbocycles. The fraction of sp³-hybridized carbons (Fsp3) is 1.00. The summed E-state index contributed by atoms with van der Waals surface area (Å²) in [4.78, 5) is 0. The summed E-state index contributed by atoms with van der Waals surface area (Å²) in [5.41, 5.74) is 0. The van der Waals surface area contributed by atoms with Gasteiger partial charge in [0.1, 0.15) is 0 Å². The van der Waals surface area contributed by atoms with Crippen molar-refractivity contribution in [1.82, 2.24) is 5.32 Å². The zero-order valence-electron chi connectivity index (χ0n) is 14.2.